The monoisotopic (exact) mass is 312 g/mol. The van der Waals surface area contributed by atoms with E-state index in [2.05, 4.69) is 33.1 Å². The summed E-state index contributed by atoms with van der Waals surface area (Å²) in [6, 6.07) is -0.761. The Labute approximate surface area is 113 Å². The van der Waals surface area contributed by atoms with Crippen molar-refractivity contribution >= 4 is 33.8 Å². The van der Waals surface area contributed by atoms with Crippen LogP contribution in [0.4, 0.5) is 4.79 Å². The second kappa shape index (κ2) is 4.68. The molecule has 0 aromatic heterocycles. The summed E-state index contributed by atoms with van der Waals surface area (Å²) in [7, 11) is 0. The van der Waals surface area contributed by atoms with Gasteiger partial charge in [0.25, 0.3) is 0 Å². The Bertz CT molecular complexity index is 450. The van der Waals surface area contributed by atoms with Gasteiger partial charge in [-0.2, -0.15) is 0 Å². The molecule has 1 atom stereocenters. The number of allylic oxidation sites excluding steroid dienone is 3. The minimum absolute atomic E-state index is 0.174. The lowest BCUT2D eigenvalue weighted by molar-refractivity contribution is -0.147. The SMILES string of the molecule is C=C(Br)CC1(C2C=CCC2)C(=O)NC(=O)NC1=O. The molecule has 0 aromatic rings. The third-order valence-corrected chi connectivity index (χ3v) is 3.66. The van der Waals surface area contributed by atoms with Gasteiger partial charge in [0.05, 0.1) is 0 Å². The van der Waals surface area contributed by atoms with E-state index in [1.54, 1.807) is 0 Å². The predicted octanol–water partition coefficient (Wildman–Crippen LogP) is 1.60. The van der Waals surface area contributed by atoms with Crippen molar-refractivity contribution in [2.24, 2.45) is 11.3 Å². The van der Waals surface area contributed by atoms with Crippen molar-refractivity contribution < 1.29 is 14.4 Å². The molecular formula is C12H13BrN2O3. The molecule has 6 heteroatoms. The smallest absolute Gasteiger partial charge is 0.277 e. The Hall–Kier alpha value is -1.43. The number of urea groups is 1. The first-order chi connectivity index (χ1) is 8.46. The topological polar surface area (TPSA) is 75.3 Å². The van der Waals surface area contributed by atoms with Crippen LogP contribution < -0.4 is 10.6 Å². The van der Waals surface area contributed by atoms with E-state index in [1.807, 2.05) is 12.2 Å². The lowest BCUT2D eigenvalue weighted by Gasteiger charge is -2.37. The molecule has 18 heavy (non-hydrogen) atoms. The van der Waals surface area contributed by atoms with Crippen LogP contribution in [-0.2, 0) is 9.59 Å². The summed E-state index contributed by atoms with van der Waals surface area (Å²) in [6.07, 6.45) is 5.53. The Balaban J connectivity index is 2.42. The number of hydrogen-bond acceptors (Lipinski definition) is 3. The molecule has 1 aliphatic carbocycles. The molecule has 1 saturated heterocycles. The average Bonchev–Trinajstić information content (AvgIpc) is 2.76. The van der Waals surface area contributed by atoms with Gasteiger partial charge in [-0.25, -0.2) is 4.79 Å². The fraction of sp³-hybridized carbons (Fsp3) is 0.417. The normalized spacial score (nSPS) is 25.8. The number of carbonyl (C=O) groups excluding carboxylic acids is 3. The van der Waals surface area contributed by atoms with Crippen LogP contribution in [0.25, 0.3) is 0 Å². The van der Waals surface area contributed by atoms with Crippen LogP contribution in [-0.4, -0.2) is 17.8 Å². The van der Waals surface area contributed by atoms with Crippen molar-refractivity contribution in [1.82, 2.24) is 10.6 Å². The first kappa shape index (κ1) is 13.0. The molecule has 2 N–H and O–H groups in total. The first-order valence-electron chi connectivity index (χ1n) is 5.63. The number of rotatable bonds is 3. The van der Waals surface area contributed by atoms with Gasteiger partial charge in [-0.1, -0.05) is 34.7 Å². The summed E-state index contributed by atoms with van der Waals surface area (Å²) in [4.78, 5) is 35.5. The van der Waals surface area contributed by atoms with E-state index in [4.69, 9.17) is 0 Å². The maximum atomic E-state index is 12.2. The highest BCUT2D eigenvalue weighted by Gasteiger charge is 2.54. The summed E-state index contributed by atoms with van der Waals surface area (Å²) >= 11 is 3.20. The summed E-state index contributed by atoms with van der Waals surface area (Å²) in [6.45, 7) is 3.70. The van der Waals surface area contributed by atoms with E-state index in [1.165, 1.54) is 0 Å². The van der Waals surface area contributed by atoms with Crippen LogP contribution in [0.15, 0.2) is 23.2 Å². The van der Waals surface area contributed by atoms with Crippen LogP contribution >= 0.6 is 15.9 Å². The molecule has 1 fully saturated rings. The average molecular weight is 313 g/mol. The van der Waals surface area contributed by atoms with Gasteiger partial charge in [0.1, 0.15) is 5.41 Å². The van der Waals surface area contributed by atoms with Crippen molar-refractivity contribution in [1.29, 1.82) is 0 Å². The highest BCUT2D eigenvalue weighted by molar-refractivity contribution is 9.11. The number of halogens is 1. The fourth-order valence-electron chi connectivity index (χ4n) is 2.54. The quantitative estimate of drug-likeness (QED) is 0.614. The van der Waals surface area contributed by atoms with Gasteiger partial charge in [-0.15, -0.1) is 0 Å². The molecule has 0 spiro atoms. The lowest BCUT2D eigenvalue weighted by atomic mass is 9.70. The zero-order valence-electron chi connectivity index (χ0n) is 9.66. The first-order valence-corrected chi connectivity index (χ1v) is 6.43. The minimum Gasteiger partial charge on any atom is -0.277 e. The van der Waals surface area contributed by atoms with Gasteiger partial charge in [-0.05, 0) is 17.3 Å². The number of barbiturate groups is 1. The second-order valence-electron chi connectivity index (χ2n) is 4.51. The van der Waals surface area contributed by atoms with Gasteiger partial charge in [0.15, 0.2) is 0 Å². The van der Waals surface area contributed by atoms with Crippen molar-refractivity contribution in [3.8, 4) is 0 Å². The van der Waals surface area contributed by atoms with Gasteiger partial charge >= 0.3 is 6.03 Å². The third kappa shape index (κ3) is 2.01. The van der Waals surface area contributed by atoms with E-state index in [0.717, 1.165) is 12.8 Å². The maximum Gasteiger partial charge on any atom is 0.328 e. The van der Waals surface area contributed by atoms with Gasteiger partial charge in [0, 0.05) is 12.3 Å². The molecular weight excluding hydrogens is 300 g/mol. The fourth-order valence-corrected chi connectivity index (χ4v) is 2.98. The molecule has 2 rings (SSSR count). The number of nitrogens with one attached hydrogen (secondary N) is 2. The molecule has 4 amide bonds. The van der Waals surface area contributed by atoms with E-state index in [0.29, 0.717) is 4.48 Å². The Kier molecular flexibility index (Phi) is 3.38. The number of carbonyl (C=O) groups is 3. The second-order valence-corrected chi connectivity index (χ2v) is 5.64. The summed E-state index contributed by atoms with van der Waals surface area (Å²) in [5, 5.41) is 4.35. The van der Waals surface area contributed by atoms with Crippen LogP contribution in [0.3, 0.4) is 0 Å². The molecule has 0 saturated carbocycles. The molecule has 0 aromatic carbocycles. The number of imide groups is 2. The van der Waals surface area contributed by atoms with Crippen LogP contribution in [0.1, 0.15) is 19.3 Å². The van der Waals surface area contributed by atoms with Gasteiger partial charge in [-0.3, -0.25) is 20.2 Å². The zero-order chi connectivity index (χ0) is 13.3. The lowest BCUT2D eigenvalue weighted by Crippen LogP contribution is -2.64. The van der Waals surface area contributed by atoms with Gasteiger partial charge in [0.2, 0.25) is 11.8 Å². The molecule has 1 unspecified atom stereocenters. The van der Waals surface area contributed by atoms with Crippen LogP contribution in [0, 0.1) is 11.3 Å². The molecule has 0 bridgehead atoms. The Morgan fingerprint density at radius 2 is 2.00 bits per heavy atom. The van der Waals surface area contributed by atoms with Crippen LogP contribution in [0.2, 0.25) is 0 Å². The van der Waals surface area contributed by atoms with Crippen molar-refractivity contribution in [2.45, 2.75) is 19.3 Å². The zero-order valence-corrected chi connectivity index (χ0v) is 11.2. The minimum atomic E-state index is -1.28. The van der Waals surface area contributed by atoms with Crippen molar-refractivity contribution in [3.63, 3.8) is 0 Å². The summed E-state index contributed by atoms with van der Waals surface area (Å²) in [5.41, 5.74) is -1.28. The molecule has 2 aliphatic rings. The predicted molar refractivity (Wildman–Crippen MR) is 68.7 cm³/mol. The Morgan fingerprint density at radius 1 is 1.39 bits per heavy atom. The molecule has 5 nitrogen and oxygen atoms in total. The molecule has 1 aliphatic heterocycles. The highest BCUT2D eigenvalue weighted by atomic mass is 79.9. The van der Waals surface area contributed by atoms with Crippen molar-refractivity contribution in [3.05, 3.63) is 23.2 Å². The largest absolute Gasteiger partial charge is 0.328 e. The van der Waals surface area contributed by atoms with Crippen LogP contribution in [0.5, 0.6) is 0 Å². The summed E-state index contributed by atoms with van der Waals surface area (Å²) in [5.74, 6) is -1.30. The van der Waals surface area contributed by atoms with Gasteiger partial charge < -0.3 is 0 Å². The van der Waals surface area contributed by atoms with Crippen molar-refractivity contribution in [2.75, 3.05) is 0 Å². The molecule has 0 radical (unpaired) electrons. The maximum absolute atomic E-state index is 12.2. The highest BCUT2D eigenvalue weighted by Crippen LogP contribution is 2.43. The van der Waals surface area contributed by atoms with E-state index in [9.17, 15) is 14.4 Å². The van der Waals surface area contributed by atoms with E-state index in [-0.39, 0.29) is 12.3 Å². The number of hydrogen-bond donors (Lipinski definition) is 2. The third-order valence-electron chi connectivity index (χ3n) is 3.38. The van der Waals surface area contributed by atoms with E-state index >= 15 is 0 Å². The molecule has 96 valence electrons. The standard InChI is InChI=1S/C12H13BrN2O3/c1-7(13)6-12(8-4-2-3-5-8)9(16)14-11(18)15-10(12)17/h2,4,8H,1,3,5-6H2,(H2,14,15,16,17,18). The Morgan fingerprint density at radius 3 is 2.44 bits per heavy atom. The summed E-state index contributed by atoms with van der Waals surface area (Å²) < 4.78 is 0.558. The number of amides is 4. The molecule has 1 heterocycles. The van der Waals surface area contributed by atoms with E-state index < -0.39 is 23.3 Å².